The van der Waals surface area contributed by atoms with Gasteiger partial charge in [-0.2, -0.15) is 0 Å². The second-order valence-corrected chi connectivity index (χ2v) is 5.42. The number of rotatable bonds is 2. The van der Waals surface area contributed by atoms with E-state index in [4.69, 9.17) is 4.74 Å². The van der Waals surface area contributed by atoms with Crippen molar-refractivity contribution in [3.63, 3.8) is 0 Å². The zero-order chi connectivity index (χ0) is 12.1. The predicted molar refractivity (Wildman–Crippen MR) is 67.9 cm³/mol. The van der Waals surface area contributed by atoms with Gasteiger partial charge in [-0.1, -0.05) is 32.1 Å². The molecule has 17 heavy (non-hydrogen) atoms. The molecule has 3 heteroatoms. The van der Waals surface area contributed by atoms with Crippen LogP contribution < -0.4 is 0 Å². The molecule has 0 aromatic heterocycles. The molecule has 3 nitrogen and oxygen atoms in total. The maximum atomic E-state index is 11.8. The smallest absolute Gasteiger partial charge is 0.323 e. The largest absolute Gasteiger partial charge is 0.468 e. The second-order valence-electron chi connectivity index (χ2n) is 5.42. The summed E-state index contributed by atoms with van der Waals surface area (Å²) < 4.78 is 4.96. The molecule has 1 unspecified atom stereocenters. The van der Waals surface area contributed by atoms with E-state index < -0.39 is 0 Å². The van der Waals surface area contributed by atoms with Crippen LogP contribution in [0.15, 0.2) is 0 Å². The van der Waals surface area contributed by atoms with Crippen LogP contribution >= 0.6 is 0 Å². The average molecular weight is 239 g/mol. The van der Waals surface area contributed by atoms with Crippen LogP contribution in [0, 0.1) is 0 Å². The highest BCUT2D eigenvalue weighted by atomic mass is 16.5. The molecule has 1 heterocycles. The van der Waals surface area contributed by atoms with Crippen molar-refractivity contribution in [1.82, 2.24) is 4.90 Å². The number of nitrogens with zero attached hydrogens (tertiary/aromatic N) is 1. The molecule has 2 rings (SSSR count). The van der Waals surface area contributed by atoms with Crippen molar-refractivity contribution < 1.29 is 9.53 Å². The average Bonchev–Trinajstić information content (AvgIpc) is 2.66. The van der Waals surface area contributed by atoms with Crippen LogP contribution in [0.3, 0.4) is 0 Å². The molecule has 2 fully saturated rings. The molecule has 0 aromatic carbocycles. The normalized spacial score (nSPS) is 28.6. The molecule has 98 valence electrons. The summed E-state index contributed by atoms with van der Waals surface area (Å²) in [6.45, 7) is 1.09. The lowest BCUT2D eigenvalue weighted by molar-refractivity contribution is -0.149. The molecule has 0 bridgehead atoms. The van der Waals surface area contributed by atoms with Gasteiger partial charge in [0.2, 0.25) is 0 Å². The summed E-state index contributed by atoms with van der Waals surface area (Å²) in [7, 11) is 1.52. The van der Waals surface area contributed by atoms with Crippen LogP contribution in [-0.4, -0.2) is 36.6 Å². The number of carbonyl (C=O) groups excluding carboxylic acids is 1. The Hall–Kier alpha value is -0.570. The molecule has 0 N–H and O–H groups in total. The van der Waals surface area contributed by atoms with Gasteiger partial charge in [0.25, 0.3) is 0 Å². The van der Waals surface area contributed by atoms with Crippen molar-refractivity contribution in [3.05, 3.63) is 0 Å². The van der Waals surface area contributed by atoms with Gasteiger partial charge in [-0.25, -0.2) is 0 Å². The van der Waals surface area contributed by atoms with Crippen molar-refractivity contribution in [2.24, 2.45) is 0 Å². The second kappa shape index (κ2) is 6.39. The van der Waals surface area contributed by atoms with Gasteiger partial charge >= 0.3 is 5.97 Å². The number of carbonyl (C=O) groups is 1. The van der Waals surface area contributed by atoms with E-state index in [1.54, 1.807) is 0 Å². The molecular formula is C14H25NO2. The zero-order valence-electron chi connectivity index (χ0n) is 11.0. The number of hydrogen-bond acceptors (Lipinski definition) is 3. The summed E-state index contributed by atoms with van der Waals surface area (Å²) in [6.07, 6.45) is 11.3. The van der Waals surface area contributed by atoms with Gasteiger partial charge in [0.15, 0.2) is 0 Å². The van der Waals surface area contributed by atoms with Crippen molar-refractivity contribution in [1.29, 1.82) is 0 Å². The first-order valence-corrected chi connectivity index (χ1v) is 7.16. The topological polar surface area (TPSA) is 29.5 Å². The SMILES string of the molecule is COC(=O)C1CCCCN1C1CCCCCC1. The Morgan fingerprint density at radius 3 is 2.29 bits per heavy atom. The minimum atomic E-state index is -0.0195. The van der Waals surface area contributed by atoms with E-state index in [0.717, 1.165) is 13.0 Å². The third-order valence-corrected chi connectivity index (χ3v) is 4.31. The number of ether oxygens (including phenoxy) is 1. The van der Waals surface area contributed by atoms with Gasteiger partial charge in [-0.05, 0) is 32.2 Å². The van der Waals surface area contributed by atoms with Gasteiger partial charge in [0.05, 0.1) is 7.11 Å². The Bertz CT molecular complexity index is 247. The fourth-order valence-electron chi connectivity index (χ4n) is 3.37. The Balaban J connectivity index is 2.01. The molecule has 0 aromatic rings. The number of likely N-dealkylation sites (tertiary alicyclic amines) is 1. The maximum absolute atomic E-state index is 11.8. The monoisotopic (exact) mass is 239 g/mol. The molecule has 1 aliphatic carbocycles. The molecule has 1 saturated carbocycles. The van der Waals surface area contributed by atoms with Gasteiger partial charge in [0.1, 0.15) is 6.04 Å². The van der Waals surface area contributed by atoms with E-state index in [1.807, 2.05) is 0 Å². The van der Waals surface area contributed by atoms with E-state index in [-0.39, 0.29) is 12.0 Å². The van der Waals surface area contributed by atoms with Crippen molar-refractivity contribution >= 4 is 5.97 Å². The van der Waals surface area contributed by atoms with E-state index in [2.05, 4.69) is 4.90 Å². The van der Waals surface area contributed by atoms with E-state index >= 15 is 0 Å². The number of methoxy groups -OCH3 is 1. The van der Waals surface area contributed by atoms with Gasteiger partial charge in [0, 0.05) is 6.04 Å². The van der Waals surface area contributed by atoms with Crippen LogP contribution in [0.4, 0.5) is 0 Å². The van der Waals surface area contributed by atoms with Crippen LogP contribution in [-0.2, 0) is 9.53 Å². The lowest BCUT2D eigenvalue weighted by atomic mass is 9.96. The third-order valence-electron chi connectivity index (χ3n) is 4.31. The lowest BCUT2D eigenvalue weighted by Crippen LogP contribution is -2.50. The Kier molecular flexibility index (Phi) is 4.84. The number of piperidine rings is 1. The van der Waals surface area contributed by atoms with Crippen LogP contribution in [0.1, 0.15) is 57.8 Å². The summed E-state index contributed by atoms with van der Waals surface area (Å²) in [4.78, 5) is 14.3. The molecule has 0 radical (unpaired) electrons. The summed E-state index contributed by atoms with van der Waals surface area (Å²) in [5.41, 5.74) is 0. The van der Waals surface area contributed by atoms with Crippen molar-refractivity contribution in [2.45, 2.75) is 69.9 Å². The van der Waals surface area contributed by atoms with Crippen LogP contribution in [0.2, 0.25) is 0 Å². The summed E-state index contributed by atoms with van der Waals surface area (Å²) >= 11 is 0. The van der Waals surface area contributed by atoms with E-state index in [0.29, 0.717) is 6.04 Å². The minimum absolute atomic E-state index is 0.0195. The number of hydrogen-bond donors (Lipinski definition) is 0. The Morgan fingerprint density at radius 2 is 1.65 bits per heavy atom. The highest BCUT2D eigenvalue weighted by Gasteiger charge is 2.34. The summed E-state index contributed by atoms with van der Waals surface area (Å²) in [5.74, 6) is -0.0195. The van der Waals surface area contributed by atoms with E-state index in [1.165, 1.54) is 58.5 Å². The molecule has 1 atom stereocenters. The molecule has 1 aliphatic heterocycles. The molecule has 1 saturated heterocycles. The standard InChI is InChI=1S/C14H25NO2/c1-17-14(16)13-10-6-7-11-15(13)12-8-4-2-3-5-9-12/h12-13H,2-11H2,1H3. The molecule has 2 aliphatic rings. The maximum Gasteiger partial charge on any atom is 0.323 e. The third kappa shape index (κ3) is 3.21. The summed E-state index contributed by atoms with van der Waals surface area (Å²) in [6, 6.07) is 0.666. The van der Waals surface area contributed by atoms with E-state index in [9.17, 15) is 4.79 Å². The first-order valence-electron chi connectivity index (χ1n) is 7.16. The fraction of sp³-hybridized carbons (Fsp3) is 0.929. The predicted octanol–water partition coefficient (Wildman–Crippen LogP) is 2.74. The highest BCUT2D eigenvalue weighted by Crippen LogP contribution is 2.28. The zero-order valence-corrected chi connectivity index (χ0v) is 11.0. The van der Waals surface area contributed by atoms with Gasteiger partial charge in [-0.3, -0.25) is 9.69 Å². The van der Waals surface area contributed by atoms with Crippen LogP contribution in [0.25, 0.3) is 0 Å². The molecule has 0 amide bonds. The molecular weight excluding hydrogens is 214 g/mol. The quantitative estimate of drug-likeness (QED) is 0.548. The molecule has 0 spiro atoms. The van der Waals surface area contributed by atoms with Crippen LogP contribution in [0.5, 0.6) is 0 Å². The van der Waals surface area contributed by atoms with Crippen molar-refractivity contribution in [2.75, 3.05) is 13.7 Å². The highest BCUT2D eigenvalue weighted by molar-refractivity contribution is 5.75. The van der Waals surface area contributed by atoms with Gasteiger partial charge < -0.3 is 4.74 Å². The Labute approximate surface area is 105 Å². The number of esters is 1. The van der Waals surface area contributed by atoms with Crippen molar-refractivity contribution in [3.8, 4) is 0 Å². The lowest BCUT2D eigenvalue weighted by Gasteiger charge is -2.39. The Morgan fingerprint density at radius 1 is 1.00 bits per heavy atom. The summed E-state index contributed by atoms with van der Waals surface area (Å²) in [5, 5.41) is 0. The first-order chi connectivity index (χ1) is 8.33. The minimum Gasteiger partial charge on any atom is -0.468 e. The fourth-order valence-corrected chi connectivity index (χ4v) is 3.37. The van der Waals surface area contributed by atoms with Gasteiger partial charge in [-0.15, -0.1) is 0 Å². The first kappa shape index (κ1) is 12.9.